The quantitative estimate of drug-likeness (QED) is 0.463. The Hall–Kier alpha value is -3.26. The van der Waals surface area contributed by atoms with Gasteiger partial charge in [0.15, 0.2) is 5.82 Å². The van der Waals surface area contributed by atoms with Gasteiger partial charge in [-0.1, -0.05) is 56.3 Å². The fraction of sp³-hybridized carbons (Fsp3) is 0.444. The number of aromatic nitrogens is 2. The van der Waals surface area contributed by atoms with Crippen molar-refractivity contribution in [3.05, 3.63) is 71.6 Å². The Morgan fingerprint density at radius 1 is 1.06 bits per heavy atom. The van der Waals surface area contributed by atoms with E-state index in [2.05, 4.69) is 32.5 Å². The van der Waals surface area contributed by atoms with Gasteiger partial charge in [-0.2, -0.15) is 4.98 Å². The van der Waals surface area contributed by atoms with Crippen molar-refractivity contribution in [2.24, 2.45) is 5.92 Å². The molecule has 1 N–H and O–H groups in total. The van der Waals surface area contributed by atoms with E-state index in [0.717, 1.165) is 31.5 Å². The summed E-state index contributed by atoms with van der Waals surface area (Å²) in [6.45, 7) is 8.74. The zero-order valence-corrected chi connectivity index (χ0v) is 20.7. The molecule has 186 valence electrons. The number of hydrogen-bond acceptors (Lipinski definition) is 6. The maximum atomic E-state index is 15.0. The lowest BCUT2D eigenvalue weighted by atomic mass is 10.0. The number of piperazine rings is 1. The largest absolute Gasteiger partial charge is 0.367 e. The van der Waals surface area contributed by atoms with Crippen LogP contribution in [0.4, 0.5) is 15.8 Å². The molecule has 2 aromatic carbocycles. The van der Waals surface area contributed by atoms with Crippen molar-refractivity contribution in [2.75, 3.05) is 36.4 Å². The van der Waals surface area contributed by atoms with Gasteiger partial charge in [0.25, 0.3) is 0 Å². The molecule has 4 rings (SSSR count). The smallest absolute Gasteiger partial charge is 0.227 e. The summed E-state index contributed by atoms with van der Waals surface area (Å²) in [5, 5.41) is 7.10. The highest BCUT2D eigenvalue weighted by molar-refractivity contribution is 5.92. The number of benzene rings is 2. The first-order valence-electron chi connectivity index (χ1n) is 12.5. The van der Waals surface area contributed by atoms with E-state index in [9.17, 15) is 4.79 Å². The summed E-state index contributed by atoms with van der Waals surface area (Å²) in [6, 6.07) is 15.0. The number of nitrogens with one attached hydrogen (secondary N) is 1. The number of halogens is 1. The molecule has 1 aliphatic rings. The Morgan fingerprint density at radius 3 is 2.37 bits per heavy atom. The van der Waals surface area contributed by atoms with Crippen LogP contribution < -0.4 is 10.2 Å². The Bertz CT molecular complexity index is 1110. The van der Waals surface area contributed by atoms with Crippen molar-refractivity contribution in [1.82, 2.24) is 15.0 Å². The summed E-state index contributed by atoms with van der Waals surface area (Å²) in [6.07, 6.45) is 2.22. The zero-order valence-electron chi connectivity index (χ0n) is 20.7. The lowest BCUT2D eigenvalue weighted by molar-refractivity contribution is -0.120. The predicted molar refractivity (Wildman–Crippen MR) is 135 cm³/mol. The van der Waals surface area contributed by atoms with Crippen LogP contribution in [0.1, 0.15) is 56.9 Å². The second-order valence-electron chi connectivity index (χ2n) is 8.90. The molecule has 8 heteroatoms. The minimum absolute atomic E-state index is 0.0593. The van der Waals surface area contributed by atoms with Crippen LogP contribution in [0.25, 0.3) is 0 Å². The van der Waals surface area contributed by atoms with Crippen LogP contribution in [0.3, 0.4) is 0 Å². The fourth-order valence-corrected chi connectivity index (χ4v) is 4.65. The van der Waals surface area contributed by atoms with Crippen molar-refractivity contribution >= 4 is 17.3 Å². The molecule has 0 aliphatic carbocycles. The molecular formula is C27H34FN5O2. The summed E-state index contributed by atoms with van der Waals surface area (Å²) in [5.74, 6) is 0.834. The minimum Gasteiger partial charge on any atom is -0.367 e. The average molecular weight is 480 g/mol. The first-order chi connectivity index (χ1) is 17.0. The summed E-state index contributed by atoms with van der Waals surface area (Å²) < 4.78 is 20.4. The number of amides is 1. The van der Waals surface area contributed by atoms with E-state index in [4.69, 9.17) is 4.52 Å². The highest BCUT2D eigenvalue weighted by Gasteiger charge is 2.30. The van der Waals surface area contributed by atoms with Crippen LogP contribution in [0, 0.1) is 11.7 Å². The number of carbonyl (C=O) groups excluding carboxylic acids is 1. The summed E-state index contributed by atoms with van der Waals surface area (Å²) in [7, 11) is 0. The van der Waals surface area contributed by atoms with Gasteiger partial charge in [-0.25, -0.2) is 4.39 Å². The topological polar surface area (TPSA) is 74.5 Å². The molecule has 1 fully saturated rings. The number of nitrogens with zero attached hydrogens (tertiary/aromatic N) is 4. The maximum absolute atomic E-state index is 15.0. The molecule has 35 heavy (non-hydrogen) atoms. The van der Waals surface area contributed by atoms with Crippen molar-refractivity contribution in [1.29, 1.82) is 0 Å². The van der Waals surface area contributed by atoms with Crippen LogP contribution in [0.15, 0.2) is 53.1 Å². The van der Waals surface area contributed by atoms with Crippen molar-refractivity contribution in [3.8, 4) is 0 Å². The van der Waals surface area contributed by atoms with E-state index < -0.39 is 0 Å². The lowest BCUT2D eigenvalue weighted by Gasteiger charge is -2.39. The molecule has 1 unspecified atom stereocenters. The van der Waals surface area contributed by atoms with Gasteiger partial charge in [0, 0.05) is 44.2 Å². The van der Waals surface area contributed by atoms with Gasteiger partial charge in [-0.3, -0.25) is 9.69 Å². The van der Waals surface area contributed by atoms with Gasteiger partial charge < -0.3 is 14.7 Å². The van der Waals surface area contributed by atoms with E-state index in [0.29, 0.717) is 42.6 Å². The molecule has 0 radical (unpaired) electrons. The number of hydrogen-bond donors (Lipinski definition) is 1. The van der Waals surface area contributed by atoms with Gasteiger partial charge in [-0.05, 0) is 36.6 Å². The third-order valence-electron chi connectivity index (χ3n) is 6.74. The second kappa shape index (κ2) is 11.4. The van der Waals surface area contributed by atoms with Crippen LogP contribution in [-0.2, 0) is 11.2 Å². The van der Waals surface area contributed by atoms with Crippen molar-refractivity contribution < 1.29 is 13.7 Å². The molecule has 1 atom stereocenters. The molecule has 3 aromatic rings. The molecule has 0 bridgehead atoms. The van der Waals surface area contributed by atoms with Crippen LogP contribution in [0.5, 0.6) is 0 Å². The Labute approximate surface area is 206 Å². The van der Waals surface area contributed by atoms with Gasteiger partial charge >= 0.3 is 0 Å². The molecule has 1 amide bonds. The third kappa shape index (κ3) is 5.70. The molecule has 0 spiro atoms. The van der Waals surface area contributed by atoms with Crippen molar-refractivity contribution in [3.63, 3.8) is 0 Å². The van der Waals surface area contributed by atoms with Crippen molar-refractivity contribution in [2.45, 2.75) is 46.1 Å². The van der Waals surface area contributed by atoms with Crippen LogP contribution in [-0.4, -0.2) is 47.1 Å². The average Bonchev–Trinajstić information content (AvgIpc) is 3.35. The van der Waals surface area contributed by atoms with Crippen LogP contribution >= 0.6 is 0 Å². The van der Waals surface area contributed by atoms with E-state index >= 15 is 4.39 Å². The Balaban J connectivity index is 1.45. The maximum Gasteiger partial charge on any atom is 0.227 e. The first-order valence-corrected chi connectivity index (χ1v) is 12.5. The fourth-order valence-electron chi connectivity index (χ4n) is 4.65. The molecule has 2 heterocycles. The number of aryl methyl sites for hydroxylation is 1. The lowest BCUT2D eigenvalue weighted by Crippen LogP contribution is -2.48. The molecule has 1 saturated heterocycles. The molecular weight excluding hydrogens is 445 g/mol. The number of anilines is 2. The second-order valence-corrected chi connectivity index (χ2v) is 8.90. The normalized spacial score (nSPS) is 15.4. The number of carbonyl (C=O) groups is 1. The summed E-state index contributed by atoms with van der Waals surface area (Å²) in [4.78, 5) is 21.3. The highest BCUT2D eigenvalue weighted by Crippen LogP contribution is 2.30. The highest BCUT2D eigenvalue weighted by atomic mass is 19.1. The standard InChI is InChI=1S/C27H34FN5O2/c1-4-19(5-2)27(34)29-21-12-13-23(22(28)18-21)32-14-16-33(17-15-32)25(20-10-8-7-9-11-20)26-30-24(6-3)35-31-26/h7-13,18-19,25H,4-6,14-17H2,1-3H3,(H,29,34). The summed E-state index contributed by atoms with van der Waals surface area (Å²) >= 11 is 0. The van der Waals surface area contributed by atoms with E-state index in [1.54, 1.807) is 12.1 Å². The summed E-state index contributed by atoms with van der Waals surface area (Å²) in [5.41, 5.74) is 2.15. The van der Waals surface area contributed by atoms with E-state index in [1.165, 1.54) is 6.07 Å². The third-order valence-corrected chi connectivity index (χ3v) is 6.74. The van der Waals surface area contributed by atoms with E-state index in [1.807, 2.05) is 43.9 Å². The minimum atomic E-state index is -0.328. The predicted octanol–water partition coefficient (Wildman–Crippen LogP) is 5.06. The van der Waals surface area contributed by atoms with Gasteiger partial charge in [0.1, 0.15) is 5.82 Å². The first kappa shape index (κ1) is 24.9. The van der Waals surface area contributed by atoms with Gasteiger partial charge in [0.2, 0.25) is 11.8 Å². The van der Waals surface area contributed by atoms with Gasteiger partial charge in [0.05, 0.1) is 11.7 Å². The monoisotopic (exact) mass is 479 g/mol. The van der Waals surface area contributed by atoms with E-state index in [-0.39, 0.29) is 23.7 Å². The Kier molecular flexibility index (Phi) is 8.13. The zero-order chi connectivity index (χ0) is 24.8. The molecule has 1 aromatic heterocycles. The molecule has 1 aliphatic heterocycles. The molecule has 0 saturated carbocycles. The Morgan fingerprint density at radius 2 is 1.77 bits per heavy atom. The number of rotatable bonds is 9. The van der Waals surface area contributed by atoms with Crippen LogP contribution in [0.2, 0.25) is 0 Å². The van der Waals surface area contributed by atoms with Gasteiger partial charge in [-0.15, -0.1) is 0 Å². The SMILES string of the molecule is CCc1nc(C(c2ccccc2)N2CCN(c3ccc(NC(=O)C(CC)CC)cc3F)CC2)no1. The molecule has 7 nitrogen and oxygen atoms in total.